The molecule has 0 saturated carbocycles. The Morgan fingerprint density at radius 3 is 2.65 bits per heavy atom. The van der Waals surface area contributed by atoms with Crippen molar-refractivity contribution >= 4 is 44.2 Å². The van der Waals surface area contributed by atoms with Crippen molar-refractivity contribution in [1.82, 2.24) is 0 Å². The fourth-order valence-electron chi connectivity index (χ4n) is 3.71. The smallest absolute Gasteiger partial charge is 0.316 e. The van der Waals surface area contributed by atoms with Crippen molar-refractivity contribution in [3.05, 3.63) is 65.7 Å². The Labute approximate surface area is 185 Å². The molecule has 31 heavy (non-hydrogen) atoms. The number of rotatable bonds is 6. The van der Waals surface area contributed by atoms with Crippen LogP contribution in [0.4, 0.5) is 5.69 Å². The Kier molecular flexibility index (Phi) is 6.15. The number of anilines is 1. The van der Waals surface area contributed by atoms with E-state index in [1.807, 2.05) is 41.3 Å². The van der Waals surface area contributed by atoms with Crippen LogP contribution in [0.25, 0.3) is 0 Å². The van der Waals surface area contributed by atoms with Crippen molar-refractivity contribution < 1.29 is 22.7 Å². The van der Waals surface area contributed by atoms with Crippen LogP contribution in [-0.4, -0.2) is 54.7 Å². The minimum Gasteiger partial charge on any atom is -0.460 e. The highest BCUT2D eigenvalue weighted by molar-refractivity contribution is 8.14. The average Bonchev–Trinajstić information content (AvgIpc) is 3.22. The summed E-state index contributed by atoms with van der Waals surface area (Å²) in [5.41, 5.74) is 2.14. The molecule has 2 atom stereocenters. The molecule has 2 aromatic rings. The standard InChI is InChI=1S/C22H22N2O5S2/c1-15(25)17-8-5-9-18(10-17)24-20-14-31(27,28)13-19(20)23-22(24)30-12-21(26)29-11-16-6-3-2-4-7-16/h2-10,19-20H,11-14H2,1H3/t19-,20-/m1/s1. The maximum Gasteiger partial charge on any atom is 0.316 e. The Hall–Kier alpha value is -2.65. The van der Waals surface area contributed by atoms with E-state index in [2.05, 4.69) is 4.99 Å². The molecular formula is C22H22N2O5S2. The van der Waals surface area contributed by atoms with E-state index in [0.717, 1.165) is 5.56 Å². The van der Waals surface area contributed by atoms with Gasteiger partial charge in [0.15, 0.2) is 20.8 Å². The van der Waals surface area contributed by atoms with Crippen LogP contribution in [0.2, 0.25) is 0 Å². The van der Waals surface area contributed by atoms with Gasteiger partial charge in [0.05, 0.1) is 29.3 Å². The molecule has 0 aromatic heterocycles. The second kappa shape index (κ2) is 8.84. The minimum atomic E-state index is -3.18. The summed E-state index contributed by atoms with van der Waals surface area (Å²) in [5, 5.41) is 0.572. The highest BCUT2D eigenvalue weighted by Crippen LogP contribution is 2.35. The molecule has 9 heteroatoms. The topological polar surface area (TPSA) is 93.1 Å². The van der Waals surface area contributed by atoms with Gasteiger partial charge >= 0.3 is 5.97 Å². The van der Waals surface area contributed by atoms with Gasteiger partial charge in [0.25, 0.3) is 0 Å². The molecule has 2 aliphatic heterocycles. The number of carbonyl (C=O) groups excluding carboxylic acids is 2. The van der Waals surface area contributed by atoms with Gasteiger partial charge < -0.3 is 9.64 Å². The Bertz CT molecular complexity index is 1130. The van der Waals surface area contributed by atoms with Gasteiger partial charge in [0.1, 0.15) is 6.61 Å². The van der Waals surface area contributed by atoms with Crippen molar-refractivity contribution in [3.63, 3.8) is 0 Å². The first kappa shape index (κ1) is 21.6. The lowest BCUT2D eigenvalue weighted by atomic mass is 10.1. The van der Waals surface area contributed by atoms with Crippen LogP contribution in [0, 0.1) is 0 Å². The largest absolute Gasteiger partial charge is 0.460 e. The van der Waals surface area contributed by atoms with Gasteiger partial charge in [0, 0.05) is 11.3 Å². The number of thioether (sulfide) groups is 1. The van der Waals surface area contributed by atoms with Crippen molar-refractivity contribution in [2.24, 2.45) is 4.99 Å². The number of ether oxygens (including phenoxy) is 1. The molecule has 0 spiro atoms. The number of hydrogen-bond acceptors (Lipinski definition) is 8. The van der Waals surface area contributed by atoms with Gasteiger partial charge in [-0.05, 0) is 24.6 Å². The number of amidine groups is 1. The molecule has 2 aromatic carbocycles. The predicted molar refractivity (Wildman–Crippen MR) is 121 cm³/mol. The molecule has 0 aliphatic carbocycles. The first-order valence-electron chi connectivity index (χ1n) is 9.83. The molecule has 4 rings (SSSR count). The first-order chi connectivity index (χ1) is 14.8. The van der Waals surface area contributed by atoms with Gasteiger partial charge in [-0.3, -0.25) is 14.6 Å². The molecule has 1 fully saturated rings. The first-order valence-corrected chi connectivity index (χ1v) is 12.6. The fourth-order valence-corrected chi connectivity index (χ4v) is 6.48. The lowest BCUT2D eigenvalue weighted by molar-refractivity contribution is -0.141. The molecule has 0 amide bonds. The number of carbonyl (C=O) groups is 2. The summed E-state index contributed by atoms with van der Waals surface area (Å²) in [7, 11) is -3.18. The second-order valence-corrected chi connectivity index (χ2v) is 10.6. The van der Waals surface area contributed by atoms with E-state index in [1.165, 1.54) is 18.7 Å². The molecule has 7 nitrogen and oxygen atoms in total. The quantitative estimate of drug-likeness (QED) is 0.485. The number of sulfone groups is 1. The van der Waals surface area contributed by atoms with Gasteiger partial charge in [-0.15, -0.1) is 0 Å². The molecule has 162 valence electrons. The van der Waals surface area contributed by atoms with Crippen LogP contribution < -0.4 is 4.90 Å². The van der Waals surface area contributed by atoms with E-state index in [4.69, 9.17) is 4.74 Å². The highest BCUT2D eigenvalue weighted by atomic mass is 32.2. The van der Waals surface area contributed by atoms with Crippen molar-refractivity contribution in [2.45, 2.75) is 25.6 Å². The maximum absolute atomic E-state index is 12.3. The SMILES string of the molecule is CC(=O)c1cccc(N2C(SCC(=O)OCc3ccccc3)=N[C@@H]3CS(=O)(=O)C[C@H]32)c1. The zero-order chi connectivity index (χ0) is 22.0. The summed E-state index contributed by atoms with van der Waals surface area (Å²) in [5.74, 6) is -0.413. The fraction of sp³-hybridized carbons (Fsp3) is 0.318. The Morgan fingerprint density at radius 1 is 1.13 bits per heavy atom. The van der Waals surface area contributed by atoms with Gasteiger partial charge in [-0.1, -0.05) is 54.2 Å². The van der Waals surface area contributed by atoms with Crippen molar-refractivity contribution in [3.8, 4) is 0 Å². The number of ketones is 1. The van der Waals surface area contributed by atoms with Gasteiger partial charge in [0.2, 0.25) is 0 Å². The number of aliphatic imine (C=N–C) groups is 1. The minimum absolute atomic E-state index is 0.00597. The highest BCUT2D eigenvalue weighted by Gasteiger charge is 2.47. The van der Waals surface area contributed by atoms with Crippen LogP contribution in [-0.2, 0) is 26.0 Å². The molecule has 2 aliphatic rings. The van der Waals surface area contributed by atoms with Crippen LogP contribution in [0.5, 0.6) is 0 Å². The number of nitrogens with zero attached hydrogens (tertiary/aromatic N) is 2. The third-order valence-electron chi connectivity index (χ3n) is 5.20. The number of hydrogen-bond donors (Lipinski definition) is 0. The number of fused-ring (bicyclic) bond motifs is 1. The zero-order valence-electron chi connectivity index (χ0n) is 16.9. The zero-order valence-corrected chi connectivity index (χ0v) is 18.6. The third kappa shape index (κ3) is 4.99. The van der Waals surface area contributed by atoms with E-state index in [9.17, 15) is 18.0 Å². The molecular weight excluding hydrogens is 436 g/mol. The van der Waals surface area contributed by atoms with E-state index in [1.54, 1.807) is 18.2 Å². The van der Waals surface area contributed by atoms with Crippen molar-refractivity contribution in [2.75, 3.05) is 22.2 Å². The van der Waals surface area contributed by atoms with Crippen LogP contribution in [0.1, 0.15) is 22.8 Å². The number of Topliss-reactive ketones (excluding diaryl/α,β-unsaturated/α-hetero) is 1. The number of esters is 1. The van der Waals surface area contributed by atoms with E-state index in [0.29, 0.717) is 16.4 Å². The Morgan fingerprint density at radius 2 is 1.90 bits per heavy atom. The second-order valence-electron chi connectivity index (χ2n) is 7.53. The summed E-state index contributed by atoms with van der Waals surface area (Å²) in [6, 6.07) is 15.7. The average molecular weight is 459 g/mol. The van der Waals surface area contributed by atoms with E-state index >= 15 is 0 Å². The van der Waals surface area contributed by atoms with Crippen molar-refractivity contribution in [1.29, 1.82) is 0 Å². The molecule has 0 unspecified atom stereocenters. The lowest BCUT2D eigenvalue weighted by Crippen LogP contribution is -2.39. The van der Waals surface area contributed by atoms with Crippen LogP contribution >= 0.6 is 11.8 Å². The third-order valence-corrected chi connectivity index (χ3v) is 7.84. The lowest BCUT2D eigenvalue weighted by Gasteiger charge is -2.26. The maximum atomic E-state index is 12.3. The van der Waals surface area contributed by atoms with E-state index < -0.39 is 9.84 Å². The van der Waals surface area contributed by atoms with Crippen LogP contribution in [0.15, 0.2) is 59.6 Å². The Balaban J connectivity index is 1.49. The summed E-state index contributed by atoms with van der Waals surface area (Å²) in [6.07, 6.45) is 0. The monoisotopic (exact) mass is 458 g/mol. The summed E-state index contributed by atoms with van der Waals surface area (Å²) in [6.45, 7) is 1.68. The number of benzene rings is 2. The molecule has 1 saturated heterocycles. The molecule has 0 radical (unpaired) electrons. The predicted octanol–water partition coefficient (Wildman–Crippen LogP) is 2.71. The van der Waals surface area contributed by atoms with E-state index in [-0.39, 0.29) is 47.7 Å². The normalized spacial score (nSPS) is 21.5. The van der Waals surface area contributed by atoms with Crippen LogP contribution in [0.3, 0.4) is 0 Å². The summed E-state index contributed by atoms with van der Waals surface area (Å²) < 4.78 is 29.6. The van der Waals surface area contributed by atoms with Gasteiger partial charge in [-0.25, -0.2) is 8.42 Å². The van der Waals surface area contributed by atoms with Gasteiger partial charge in [-0.2, -0.15) is 0 Å². The molecule has 0 bridgehead atoms. The molecule has 0 N–H and O–H groups in total. The summed E-state index contributed by atoms with van der Waals surface area (Å²) in [4.78, 5) is 30.5. The molecule has 2 heterocycles. The summed E-state index contributed by atoms with van der Waals surface area (Å²) >= 11 is 1.22.